The first-order chi connectivity index (χ1) is 8.85. The number of nitriles is 1. The van der Waals surface area contributed by atoms with Crippen molar-refractivity contribution in [1.29, 1.82) is 5.26 Å². The van der Waals surface area contributed by atoms with E-state index in [9.17, 15) is 8.42 Å². The van der Waals surface area contributed by atoms with Gasteiger partial charge in [0.05, 0.1) is 11.0 Å². The summed E-state index contributed by atoms with van der Waals surface area (Å²) in [5.41, 5.74) is 0.935. The van der Waals surface area contributed by atoms with E-state index in [-0.39, 0.29) is 10.8 Å². The third kappa shape index (κ3) is 3.37. The molecular weight excluding hydrogens is 396 g/mol. The molecule has 0 saturated heterocycles. The molecular formula is C12H12Br2N2O2S. The van der Waals surface area contributed by atoms with Crippen molar-refractivity contribution in [3.8, 4) is 6.07 Å². The highest BCUT2D eigenvalue weighted by Gasteiger charge is 2.35. The Labute approximate surface area is 129 Å². The number of halogens is 2. The third-order valence-electron chi connectivity index (χ3n) is 3.02. The molecule has 7 heteroatoms. The molecule has 0 radical (unpaired) electrons. The molecule has 1 saturated carbocycles. The van der Waals surface area contributed by atoms with E-state index < -0.39 is 16.1 Å². The summed E-state index contributed by atoms with van der Waals surface area (Å²) in [5.74, 6) is 0.146. The molecule has 1 fully saturated rings. The van der Waals surface area contributed by atoms with Crippen LogP contribution in [-0.2, 0) is 10.0 Å². The number of hydrogen-bond acceptors (Lipinski definition) is 3. The fraction of sp³-hybridized carbons (Fsp3) is 0.417. The first kappa shape index (κ1) is 15.0. The Morgan fingerprint density at radius 3 is 2.53 bits per heavy atom. The summed E-state index contributed by atoms with van der Waals surface area (Å²) in [7, 11) is -3.70. The molecule has 1 aromatic carbocycles. The maximum Gasteiger partial charge on any atom is 0.242 e. The van der Waals surface area contributed by atoms with E-state index in [0.717, 1.165) is 22.9 Å². The average molecular weight is 408 g/mol. The normalized spacial score (nSPS) is 16.9. The van der Waals surface area contributed by atoms with Gasteiger partial charge in [-0.1, -0.05) is 15.9 Å². The largest absolute Gasteiger partial charge is 0.242 e. The molecule has 0 amide bonds. The van der Waals surface area contributed by atoms with Crippen molar-refractivity contribution in [2.45, 2.75) is 30.7 Å². The van der Waals surface area contributed by atoms with E-state index >= 15 is 0 Å². The van der Waals surface area contributed by atoms with E-state index in [1.54, 1.807) is 12.1 Å². The molecule has 1 atom stereocenters. The summed E-state index contributed by atoms with van der Waals surface area (Å²) >= 11 is 6.58. The van der Waals surface area contributed by atoms with Crippen molar-refractivity contribution < 1.29 is 8.42 Å². The Bertz CT molecular complexity index is 648. The van der Waals surface area contributed by atoms with Crippen molar-refractivity contribution >= 4 is 41.9 Å². The molecule has 0 heterocycles. The number of nitrogens with zero attached hydrogens (tertiary/aromatic N) is 1. The Morgan fingerprint density at radius 2 is 2.00 bits per heavy atom. The number of hydrogen-bond donors (Lipinski definition) is 1. The molecule has 102 valence electrons. The Kier molecular flexibility index (Phi) is 4.35. The molecule has 1 N–H and O–H groups in total. The standard InChI is InChI=1S/C12H12Br2N2O2S/c1-7-4-10(14)12(5-9(7)13)19(17,18)16-11(6-15)8-2-3-8/h4-5,8,11,16H,2-3H2,1H3. The van der Waals surface area contributed by atoms with Gasteiger partial charge in [0.15, 0.2) is 0 Å². The van der Waals surface area contributed by atoms with Gasteiger partial charge in [-0.05, 0) is 59.3 Å². The molecule has 1 aromatic rings. The first-order valence-corrected chi connectivity index (χ1v) is 8.79. The Balaban J connectivity index is 2.34. The van der Waals surface area contributed by atoms with E-state index in [4.69, 9.17) is 5.26 Å². The van der Waals surface area contributed by atoms with Crippen LogP contribution in [0.25, 0.3) is 0 Å². The summed E-state index contributed by atoms with van der Waals surface area (Å²) < 4.78 is 28.3. The van der Waals surface area contributed by atoms with Crippen LogP contribution in [0.5, 0.6) is 0 Å². The van der Waals surface area contributed by atoms with E-state index in [0.29, 0.717) is 4.47 Å². The van der Waals surface area contributed by atoms with Crippen LogP contribution in [0, 0.1) is 24.2 Å². The summed E-state index contributed by atoms with van der Waals surface area (Å²) in [6, 6.07) is 4.65. The lowest BCUT2D eigenvalue weighted by Crippen LogP contribution is -2.35. The van der Waals surface area contributed by atoms with Crippen molar-refractivity contribution in [3.05, 3.63) is 26.6 Å². The van der Waals surface area contributed by atoms with Gasteiger partial charge in [-0.3, -0.25) is 0 Å². The van der Waals surface area contributed by atoms with Crippen LogP contribution in [0.3, 0.4) is 0 Å². The minimum atomic E-state index is -3.70. The maximum absolute atomic E-state index is 12.3. The third-order valence-corrected chi connectivity index (χ3v) is 6.27. The van der Waals surface area contributed by atoms with Gasteiger partial charge < -0.3 is 0 Å². The Morgan fingerprint density at radius 1 is 1.37 bits per heavy atom. The topological polar surface area (TPSA) is 70.0 Å². The van der Waals surface area contributed by atoms with E-state index in [1.165, 1.54) is 0 Å². The number of aryl methyl sites for hydroxylation is 1. The fourth-order valence-electron chi connectivity index (χ4n) is 1.72. The van der Waals surface area contributed by atoms with Gasteiger partial charge in [-0.15, -0.1) is 0 Å². The van der Waals surface area contributed by atoms with E-state index in [2.05, 4.69) is 36.6 Å². The van der Waals surface area contributed by atoms with Gasteiger partial charge in [0.1, 0.15) is 6.04 Å². The molecule has 0 aromatic heterocycles. The van der Waals surface area contributed by atoms with Gasteiger partial charge in [0.25, 0.3) is 0 Å². The van der Waals surface area contributed by atoms with Crippen LogP contribution in [-0.4, -0.2) is 14.5 Å². The van der Waals surface area contributed by atoms with Crippen molar-refractivity contribution in [2.24, 2.45) is 5.92 Å². The van der Waals surface area contributed by atoms with Gasteiger partial charge >= 0.3 is 0 Å². The minimum Gasteiger partial charge on any atom is -0.207 e. The SMILES string of the molecule is Cc1cc(Br)c(S(=O)(=O)NC(C#N)C2CC2)cc1Br. The first-order valence-electron chi connectivity index (χ1n) is 5.73. The lowest BCUT2D eigenvalue weighted by atomic mass is 10.2. The predicted octanol–water partition coefficient (Wildman–Crippen LogP) is 3.10. The van der Waals surface area contributed by atoms with Crippen LogP contribution in [0.2, 0.25) is 0 Å². The highest BCUT2D eigenvalue weighted by Crippen LogP contribution is 2.34. The summed E-state index contributed by atoms with van der Waals surface area (Å²) in [6.45, 7) is 1.88. The van der Waals surface area contributed by atoms with Crippen molar-refractivity contribution in [1.82, 2.24) is 4.72 Å². The van der Waals surface area contributed by atoms with Gasteiger partial charge in [-0.25, -0.2) is 8.42 Å². The van der Waals surface area contributed by atoms with Crippen LogP contribution in [0.4, 0.5) is 0 Å². The second-order valence-electron chi connectivity index (χ2n) is 4.60. The van der Waals surface area contributed by atoms with Gasteiger partial charge in [-0.2, -0.15) is 9.98 Å². The minimum absolute atomic E-state index is 0.144. The van der Waals surface area contributed by atoms with Crippen molar-refractivity contribution in [2.75, 3.05) is 0 Å². The zero-order chi connectivity index (χ0) is 14.2. The maximum atomic E-state index is 12.3. The molecule has 1 unspecified atom stereocenters. The van der Waals surface area contributed by atoms with Crippen LogP contribution < -0.4 is 4.72 Å². The molecule has 4 nitrogen and oxygen atoms in total. The van der Waals surface area contributed by atoms with Gasteiger partial charge in [0, 0.05) is 8.95 Å². The second kappa shape index (κ2) is 5.52. The number of nitrogens with one attached hydrogen (secondary N) is 1. The fourth-order valence-corrected chi connectivity index (χ4v) is 4.61. The van der Waals surface area contributed by atoms with E-state index in [1.807, 2.05) is 13.0 Å². The molecule has 0 spiro atoms. The van der Waals surface area contributed by atoms with Crippen LogP contribution in [0.15, 0.2) is 26.0 Å². The zero-order valence-electron chi connectivity index (χ0n) is 10.2. The molecule has 0 bridgehead atoms. The monoisotopic (exact) mass is 406 g/mol. The molecule has 1 aliphatic carbocycles. The lowest BCUT2D eigenvalue weighted by Gasteiger charge is -2.13. The van der Waals surface area contributed by atoms with Crippen molar-refractivity contribution in [3.63, 3.8) is 0 Å². The Hall–Kier alpha value is -0.420. The highest BCUT2D eigenvalue weighted by atomic mass is 79.9. The summed E-state index contributed by atoms with van der Waals surface area (Å²) in [4.78, 5) is 0.144. The average Bonchev–Trinajstić information content (AvgIpc) is 3.14. The highest BCUT2D eigenvalue weighted by molar-refractivity contribution is 9.11. The number of benzene rings is 1. The van der Waals surface area contributed by atoms with Gasteiger partial charge in [0.2, 0.25) is 10.0 Å². The smallest absolute Gasteiger partial charge is 0.207 e. The van der Waals surface area contributed by atoms with Crippen LogP contribution >= 0.6 is 31.9 Å². The predicted molar refractivity (Wildman–Crippen MR) is 79.0 cm³/mol. The molecule has 1 aliphatic rings. The second-order valence-corrected chi connectivity index (χ2v) is 7.99. The quantitative estimate of drug-likeness (QED) is 0.833. The molecule has 0 aliphatic heterocycles. The summed E-state index contributed by atoms with van der Waals surface area (Å²) in [6.07, 6.45) is 1.80. The zero-order valence-corrected chi connectivity index (χ0v) is 14.1. The molecule has 2 rings (SSSR count). The van der Waals surface area contributed by atoms with Crippen LogP contribution in [0.1, 0.15) is 18.4 Å². The number of sulfonamides is 1. The number of rotatable bonds is 4. The molecule has 19 heavy (non-hydrogen) atoms. The summed E-state index contributed by atoms with van der Waals surface area (Å²) in [5, 5.41) is 9.02. The lowest BCUT2D eigenvalue weighted by molar-refractivity contribution is 0.559.